The lowest BCUT2D eigenvalue weighted by molar-refractivity contribution is 0.216. The van der Waals surface area contributed by atoms with Crippen LogP contribution in [0.3, 0.4) is 0 Å². The highest BCUT2D eigenvalue weighted by Gasteiger charge is 2.22. The molecule has 1 N–H and O–H groups in total. The van der Waals surface area contributed by atoms with Crippen LogP contribution in [0, 0.1) is 5.92 Å². The first-order chi connectivity index (χ1) is 12.7. The normalized spacial score (nSPS) is 23.1. The van der Waals surface area contributed by atoms with Crippen molar-refractivity contribution in [1.82, 2.24) is 15.2 Å². The largest absolute Gasteiger partial charge is 0.496 e. The Kier molecular flexibility index (Phi) is 5.23. The lowest BCUT2D eigenvalue weighted by atomic mass is 9.93. The fourth-order valence-electron chi connectivity index (χ4n) is 3.90. The number of nitrogens with one attached hydrogen (secondary N) is 1. The fraction of sp³-hybridized carbons (Fsp3) is 0.500. The van der Waals surface area contributed by atoms with Crippen LogP contribution in [0.4, 0.5) is 0 Å². The van der Waals surface area contributed by atoms with Crippen LogP contribution in [0.15, 0.2) is 30.6 Å². The summed E-state index contributed by atoms with van der Waals surface area (Å²) in [6, 6.07) is 2.30. The highest BCUT2D eigenvalue weighted by Crippen LogP contribution is 2.32. The van der Waals surface area contributed by atoms with Crippen LogP contribution in [0.2, 0.25) is 0 Å². The van der Waals surface area contributed by atoms with Crippen molar-refractivity contribution >= 4 is 11.1 Å². The Labute approximate surface area is 156 Å². The van der Waals surface area contributed by atoms with Gasteiger partial charge in [0.2, 0.25) is 0 Å². The van der Waals surface area contributed by atoms with Gasteiger partial charge < -0.3 is 10.1 Å². The molecule has 1 aromatic heterocycles. The first-order valence-corrected chi connectivity index (χ1v) is 9.90. The zero-order chi connectivity index (χ0) is 17.9. The van der Waals surface area contributed by atoms with Crippen LogP contribution in [-0.4, -0.2) is 36.1 Å². The van der Waals surface area contributed by atoms with Crippen molar-refractivity contribution in [3.8, 4) is 0 Å². The fourth-order valence-corrected chi connectivity index (χ4v) is 3.90. The minimum absolute atomic E-state index is 0.621. The van der Waals surface area contributed by atoms with E-state index >= 15 is 0 Å². The topological polar surface area (TPSA) is 37.4 Å². The molecule has 0 spiro atoms. The smallest absolute Gasteiger partial charge is 0.115 e. The molecule has 3 heterocycles. The molecule has 1 unspecified atom stereocenters. The van der Waals surface area contributed by atoms with Crippen molar-refractivity contribution in [3.63, 3.8) is 0 Å². The number of piperazine rings is 1. The van der Waals surface area contributed by atoms with E-state index in [2.05, 4.69) is 48.4 Å². The summed E-state index contributed by atoms with van der Waals surface area (Å²) in [5.41, 5.74) is 7.38. The van der Waals surface area contributed by atoms with Gasteiger partial charge in [-0.05, 0) is 36.0 Å². The Bertz CT molecular complexity index is 757. The third-order valence-corrected chi connectivity index (χ3v) is 5.57. The molecule has 138 valence electrons. The van der Waals surface area contributed by atoms with Gasteiger partial charge in [-0.1, -0.05) is 32.1 Å². The standard InChI is InChI=1S/C22H29N3O/c1-3-17-14-26-15-20-19(13-25-10-8-23-9-11-25)12-21(24-22(17)20)18-6-4-16(2)5-7-18/h4,6-7,12,14,16,23H,3,5,8-11,13,15H2,1-2H3. The maximum absolute atomic E-state index is 5.77. The van der Waals surface area contributed by atoms with Crippen molar-refractivity contribution in [2.75, 3.05) is 26.2 Å². The van der Waals surface area contributed by atoms with Crippen molar-refractivity contribution in [1.29, 1.82) is 0 Å². The van der Waals surface area contributed by atoms with E-state index in [0.29, 0.717) is 12.5 Å². The van der Waals surface area contributed by atoms with Crippen LogP contribution in [0.25, 0.3) is 11.1 Å². The van der Waals surface area contributed by atoms with Crippen LogP contribution < -0.4 is 5.32 Å². The van der Waals surface area contributed by atoms with E-state index in [1.165, 1.54) is 22.3 Å². The summed E-state index contributed by atoms with van der Waals surface area (Å²) >= 11 is 0. The summed E-state index contributed by atoms with van der Waals surface area (Å²) < 4.78 is 5.77. The zero-order valence-corrected chi connectivity index (χ0v) is 15.9. The quantitative estimate of drug-likeness (QED) is 0.896. The maximum Gasteiger partial charge on any atom is 0.115 e. The van der Waals surface area contributed by atoms with E-state index in [4.69, 9.17) is 9.72 Å². The third kappa shape index (κ3) is 3.62. The molecule has 0 amide bonds. The van der Waals surface area contributed by atoms with Crippen molar-refractivity contribution in [2.24, 2.45) is 5.92 Å². The second kappa shape index (κ2) is 7.77. The van der Waals surface area contributed by atoms with Gasteiger partial charge in [-0.2, -0.15) is 0 Å². The molecule has 3 aliphatic rings. The predicted molar refractivity (Wildman–Crippen MR) is 106 cm³/mol. The maximum atomic E-state index is 5.77. The molecule has 1 aromatic rings. The van der Waals surface area contributed by atoms with Gasteiger partial charge in [0.05, 0.1) is 17.6 Å². The molecule has 2 aliphatic heterocycles. The molecule has 4 rings (SSSR count). The Balaban J connectivity index is 1.72. The number of nitrogens with zero attached hydrogens (tertiary/aromatic N) is 2. The minimum Gasteiger partial charge on any atom is -0.496 e. The van der Waals surface area contributed by atoms with E-state index in [0.717, 1.165) is 57.0 Å². The number of rotatable bonds is 4. The molecule has 1 fully saturated rings. The molecule has 1 saturated heterocycles. The summed E-state index contributed by atoms with van der Waals surface area (Å²) in [4.78, 5) is 7.60. The molecule has 4 nitrogen and oxygen atoms in total. The predicted octanol–water partition coefficient (Wildman–Crippen LogP) is 3.75. The average Bonchev–Trinajstić information content (AvgIpc) is 2.69. The SMILES string of the molecule is CCC1=COCc2c(CN3CCNCC3)cc(C3=CCC(C)C=C3)nc21. The molecule has 26 heavy (non-hydrogen) atoms. The van der Waals surface area contributed by atoms with Crippen LogP contribution >= 0.6 is 0 Å². The lowest BCUT2D eigenvalue weighted by Gasteiger charge is -2.29. The molecule has 0 aromatic carbocycles. The lowest BCUT2D eigenvalue weighted by Crippen LogP contribution is -2.43. The molecule has 1 aliphatic carbocycles. The first kappa shape index (κ1) is 17.5. The number of hydrogen-bond acceptors (Lipinski definition) is 4. The van der Waals surface area contributed by atoms with Gasteiger partial charge in [0.15, 0.2) is 0 Å². The Hall–Kier alpha value is -1.91. The van der Waals surface area contributed by atoms with E-state index in [1.807, 2.05) is 6.26 Å². The summed E-state index contributed by atoms with van der Waals surface area (Å²) in [5, 5.41) is 3.44. The Morgan fingerprint density at radius 1 is 1.31 bits per heavy atom. The second-order valence-electron chi connectivity index (χ2n) is 7.56. The number of pyridine rings is 1. The van der Waals surface area contributed by atoms with Gasteiger partial charge >= 0.3 is 0 Å². The molecular formula is C22H29N3O. The first-order valence-electron chi connectivity index (χ1n) is 9.90. The zero-order valence-electron chi connectivity index (χ0n) is 15.9. The minimum atomic E-state index is 0.621. The van der Waals surface area contributed by atoms with E-state index in [9.17, 15) is 0 Å². The van der Waals surface area contributed by atoms with Crippen molar-refractivity contribution in [3.05, 3.63) is 53.1 Å². The highest BCUT2D eigenvalue weighted by molar-refractivity contribution is 5.76. The van der Waals surface area contributed by atoms with E-state index in [1.54, 1.807) is 0 Å². The number of hydrogen-bond donors (Lipinski definition) is 1. The Morgan fingerprint density at radius 3 is 2.88 bits per heavy atom. The Morgan fingerprint density at radius 2 is 2.15 bits per heavy atom. The molecular weight excluding hydrogens is 322 g/mol. The average molecular weight is 351 g/mol. The van der Waals surface area contributed by atoms with E-state index in [-0.39, 0.29) is 0 Å². The second-order valence-corrected chi connectivity index (χ2v) is 7.56. The van der Waals surface area contributed by atoms with Crippen molar-refractivity contribution in [2.45, 2.75) is 39.8 Å². The van der Waals surface area contributed by atoms with Crippen LogP contribution in [0.5, 0.6) is 0 Å². The number of allylic oxidation sites excluding steroid dienone is 5. The number of aromatic nitrogens is 1. The van der Waals surface area contributed by atoms with Gasteiger partial charge in [0.1, 0.15) is 6.61 Å². The summed E-state index contributed by atoms with van der Waals surface area (Å²) in [7, 11) is 0. The molecule has 0 saturated carbocycles. The van der Waals surface area contributed by atoms with Gasteiger partial charge in [-0.3, -0.25) is 4.90 Å². The molecule has 0 bridgehead atoms. The third-order valence-electron chi connectivity index (χ3n) is 5.57. The van der Waals surface area contributed by atoms with Gasteiger partial charge in [0, 0.05) is 43.9 Å². The molecule has 1 atom stereocenters. The van der Waals surface area contributed by atoms with Gasteiger partial charge in [0.25, 0.3) is 0 Å². The monoisotopic (exact) mass is 351 g/mol. The van der Waals surface area contributed by atoms with Crippen LogP contribution in [-0.2, 0) is 17.9 Å². The molecule has 0 radical (unpaired) electrons. The summed E-state index contributed by atoms with van der Waals surface area (Å²) in [5.74, 6) is 0.621. The number of fused-ring (bicyclic) bond motifs is 1. The molecule has 4 heteroatoms. The van der Waals surface area contributed by atoms with Gasteiger partial charge in [-0.25, -0.2) is 4.98 Å². The number of ether oxygens (including phenoxy) is 1. The van der Waals surface area contributed by atoms with Gasteiger partial charge in [-0.15, -0.1) is 0 Å². The van der Waals surface area contributed by atoms with Crippen LogP contribution in [0.1, 0.15) is 49.2 Å². The van der Waals surface area contributed by atoms with E-state index < -0.39 is 0 Å². The van der Waals surface area contributed by atoms with Crippen molar-refractivity contribution < 1.29 is 4.74 Å². The summed E-state index contributed by atoms with van der Waals surface area (Å²) in [6.07, 6.45) is 10.8. The highest BCUT2D eigenvalue weighted by atomic mass is 16.5. The summed E-state index contributed by atoms with van der Waals surface area (Å²) in [6.45, 7) is 10.4.